The van der Waals surface area contributed by atoms with Gasteiger partial charge in [-0.25, -0.2) is 0 Å². The van der Waals surface area contributed by atoms with E-state index >= 15 is 0 Å². The molecule has 0 unspecified atom stereocenters. The summed E-state index contributed by atoms with van der Waals surface area (Å²) in [6.07, 6.45) is 2.25. The fourth-order valence-electron chi connectivity index (χ4n) is 1.82. The van der Waals surface area contributed by atoms with Crippen molar-refractivity contribution in [2.45, 2.75) is 31.5 Å². The van der Waals surface area contributed by atoms with Crippen molar-refractivity contribution in [1.82, 2.24) is 4.90 Å². The monoisotopic (exact) mass is 230 g/mol. The highest BCUT2D eigenvalue weighted by Gasteiger charge is 2.29. The van der Waals surface area contributed by atoms with Gasteiger partial charge in [-0.15, -0.1) is 11.3 Å². The van der Waals surface area contributed by atoms with Gasteiger partial charge in [0.2, 0.25) is 0 Å². The van der Waals surface area contributed by atoms with E-state index in [2.05, 4.69) is 18.0 Å². The number of hydrogen-bond donors (Lipinski definition) is 1. The summed E-state index contributed by atoms with van der Waals surface area (Å²) < 4.78 is 0.917. The highest BCUT2D eigenvalue weighted by Crippen LogP contribution is 2.28. The van der Waals surface area contributed by atoms with Crippen molar-refractivity contribution in [2.24, 2.45) is 5.73 Å². The van der Waals surface area contributed by atoms with E-state index in [1.807, 2.05) is 5.38 Å². The predicted molar refractivity (Wildman–Crippen MR) is 61.8 cm³/mol. The molecule has 0 aromatic carbocycles. The molecule has 2 nitrogen and oxygen atoms in total. The summed E-state index contributed by atoms with van der Waals surface area (Å²) in [6, 6.07) is 3.17. The third kappa shape index (κ3) is 2.11. The molecule has 0 saturated heterocycles. The van der Waals surface area contributed by atoms with Crippen molar-refractivity contribution in [3.63, 3.8) is 0 Å². The summed E-state index contributed by atoms with van der Waals surface area (Å²) in [6.45, 7) is 0.944. The van der Waals surface area contributed by atoms with Gasteiger partial charge in [0.25, 0.3) is 0 Å². The molecule has 0 radical (unpaired) electrons. The summed E-state index contributed by atoms with van der Waals surface area (Å²) in [7, 11) is 2.14. The van der Waals surface area contributed by atoms with Crippen LogP contribution in [0.5, 0.6) is 0 Å². The van der Waals surface area contributed by atoms with Crippen molar-refractivity contribution in [1.29, 1.82) is 0 Å². The van der Waals surface area contributed by atoms with E-state index in [0.29, 0.717) is 12.1 Å². The van der Waals surface area contributed by atoms with Crippen LogP contribution in [0.3, 0.4) is 0 Å². The van der Waals surface area contributed by atoms with Crippen LogP contribution in [-0.4, -0.2) is 24.0 Å². The number of hydrogen-bond acceptors (Lipinski definition) is 3. The zero-order chi connectivity index (χ0) is 10.1. The average Bonchev–Trinajstić information content (AvgIpc) is 2.46. The smallest absolute Gasteiger partial charge is 0.0973 e. The van der Waals surface area contributed by atoms with Crippen LogP contribution in [0.1, 0.15) is 18.4 Å². The summed E-state index contributed by atoms with van der Waals surface area (Å²) in [5.41, 5.74) is 7.00. The minimum Gasteiger partial charge on any atom is -0.328 e. The molecule has 0 bridgehead atoms. The predicted octanol–water partition coefficient (Wildman–Crippen LogP) is 2.32. The Balaban J connectivity index is 1.89. The number of thiophene rings is 1. The maximum atomic E-state index is 6.05. The zero-order valence-electron chi connectivity index (χ0n) is 8.24. The van der Waals surface area contributed by atoms with Crippen molar-refractivity contribution < 1.29 is 0 Å². The van der Waals surface area contributed by atoms with Crippen LogP contribution in [0.2, 0.25) is 4.34 Å². The second-order valence-corrected chi connectivity index (χ2v) is 5.54. The Labute approximate surface area is 93.7 Å². The normalized spacial score (nSPS) is 26.6. The lowest BCUT2D eigenvalue weighted by molar-refractivity contribution is 0.133. The molecule has 2 rings (SSSR count). The van der Waals surface area contributed by atoms with Gasteiger partial charge >= 0.3 is 0 Å². The third-order valence-corrected chi connectivity index (χ3v) is 4.14. The molecular formula is C10H15ClN2S. The highest BCUT2D eigenvalue weighted by molar-refractivity contribution is 7.14. The molecule has 1 aliphatic rings. The largest absolute Gasteiger partial charge is 0.328 e. The summed E-state index contributed by atoms with van der Waals surface area (Å²) >= 11 is 7.64. The maximum Gasteiger partial charge on any atom is 0.0973 e. The van der Waals surface area contributed by atoms with E-state index in [1.54, 1.807) is 11.3 Å². The van der Waals surface area contributed by atoms with Crippen LogP contribution in [-0.2, 0) is 6.54 Å². The lowest BCUT2D eigenvalue weighted by Gasteiger charge is -2.39. The van der Waals surface area contributed by atoms with Crippen LogP contribution in [0.4, 0.5) is 0 Å². The standard InChI is InChI=1S/C10H15ClN2S/c1-13(9-4-8(12)5-9)6-7-2-3-14-10(7)11/h2-3,8-9H,4-6,12H2,1H3. The third-order valence-electron chi connectivity index (χ3n) is 2.89. The van der Waals surface area contributed by atoms with Gasteiger partial charge in [0.1, 0.15) is 0 Å². The van der Waals surface area contributed by atoms with E-state index in [4.69, 9.17) is 17.3 Å². The number of halogens is 1. The molecule has 2 N–H and O–H groups in total. The van der Waals surface area contributed by atoms with Crippen molar-refractivity contribution in [3.05, 3.63) is 21.3 Å². The molecular weight excluding hydrogens is 216 g/mol. The minimum atomic E-state index is 0.417. The van der Waals surface area contributed by atoms with Crippen LogP contribution < -0.4 is 5.73 Å². The lowest BCUT2D eigenvalue weighted by atomic mass is 9.86. The maximum absolute atomic E-state index is 6.05. The molecule has 1 aromatic heterocycles. The Kier molecular flexibility index (Phi) is 3.12. The molecule has 0 spiro atoms. The first kappa shape index (κ1) is 10.4. The Hall–Kier alpha value is -0.0900. The molecule has 4 heteroatoms. The fourth-order valence-corrected chi connectivity index (χ4v) is 2.73. The Morgan fingerprint density at radius 1 is 1.64 bits per heavy atom. The molecule has 1 aromatic rings. The lowest BCUT2D eigenvalue weighted by Crippen LogP contribution is -2.48. The molecule has 0 amide bonds. The zero-order valence-corrected chi connectivity index (χ0v) is 9.81. The van der Waals surface area contributed by atoms with Crippen LogP contribution in [0, 0.1) is 0 Å². The quantitative estimate of drug-likeness (QED) is 0.864. The average molecular weight is 231 g/mol. The minimum absolute atomic E-state index is 0.417. The van der Waals surface area contributed by atoms with Gasteiger partial charge in [0, 0.05) is 18.6 Å². The van der Waals surface area contributed by atoms with Gasteiger partial charge < -0.3 is 5.73 Å². The molecule has 0 atom stereocenters. The molecule has 78 valence electrons. The summed E-state index contributed by atoms with van der Waals surface area (Å²) in [5, 5.41) is 2.04. The van der Waals surface area contributed by atoms with Gasteiger partial charge in [-0.05, 0) is 36.9 Å². The Morgan fingerprint density at radius 3 is 2.86 bits per heavy atom. The summed E-state index contributed by atoms with van der Waals surface area (Å²) in [5.74, 6) is 0. The van der Waals surface area contributed by atoms with Gasteiger partial charge in [-0.1, -0.05) is 11.6 Å². The second kappa shape index (κ2) is 4.19. The summed E-state index contributed by atoms with van der Waals surface area (Å²) in [4.78, 5) is 2.34. The second-order valence-electron chi connectivity index (χ2n) is 4.02. The van der Waals surface area contributed by atoms with E-state index < -0.39 is 0 Å². The number of nitrogens with two attached hydrogens (primary N) is 1. The highest BCUT2D eigenvalue weighted by atomic mass is 35.5. The van der Waals surface area contributed by atoms with Gasteiger partial charge in [-0.3, -0.25) is 4.90 Å². The van der Waals surface area contributed by atoms with Crippen molar-refractivity contribution in [2.75, 3.05) is 7.05 Å². The molecule has 1 aliphatic carbocycles. The number of nitrogens with zero attached hydrogens (tertiary/aromatic N) is 1. The van der Waals surface area contributed by atoms with E-state index in [-0.39, 0.29) is 0 Å². The molecule has 1 saturated carbocycles. The topological polar surface area (TPSA) is 29.3 Å². The van der Waals surface area contributed by atoms with E-state index in [0.717, 1.165) is 23.7 Å². The van der Waals surface area contributed by atoms with E-state index in [9.17, 15) is 0 Å². The van der Waals surface area contributed by atoms with Crippen molar-refractivity contribution in [3.8, 4) is 0 Å². The molecule has 14 heavy (non-hydrogen) atoms. The first-order valence-electron chi connectivity index (χ1n) is 4.84. The van der Waals surface area contributed by atoms with Crippen LogP contribution in [0.15, 0.2) is 11.4 Å². The van der Waals surface area contributed by atoms with Gasteiger partial charge in [0.15, 0.2) is 0 Å². The first-order chi connectivity index (χ1) is 6.66. The SMILES string of the molecule is CN(Cc1ccsc1Cl)C1CC(N)C1. The molecule has 1 heterocycles. The van der Waals surface area contributed by atoms with Crippen molar-refractivity contribution >= 4 is 22.9 Å². The number of rotatable bonds is 3. The fraction of sp³-hybridized carbons (Fsp3) is 0.600. The van der Waals surface area contributed by atoms with E-state index in [1.165, 1.54) is 5.56 Å². The van der Waals surface area contributed by atoms with Crippen LogP contribution >= 0.6 is 22.9 Å². The molecule has 0 aliphatic heterocycles. The molecule has 1 fully saturated rings. The van der Waals surface area contributed by atoms with Crippen LogP contribution in [0.25, 0.3) is 0 Å². The van der Waals surface area contributed by atoms with Gasteiger partial charge in [-0.2, -0.15) is 0 Å². The Morgan fingerprint density at radius 2 is 2.36 bits per heavy atom. The van der Waals surface area contributed by atoms with Gasteiger partial charge in [0.05, 0.1) is 4.34 Å². The first-order valence-corrected chi connectivity index (χ1v) is 6.10. The Bertz CT molecular complexity index is 307.